The number of nitrogens with zero attached hydrogens (tertiary/aromatic N) is 2. The zero-order valence-electron chi connectivity index (χ0n) is 26.5. The van der Waals surface area contributed by atoms with E-state index in [1.165, 1.54) is 24.4 Å². The number of benzene rings is 2. The molecule has 12 heteroatoms. The van der Waals surface area contributed by atoms with Crippen molar-refractivity contribution in [2.24, 2.45) is 5.41 Å². The lowest BCUT2D eigenvalue weighted by Gasteiger charge is -2.37. The second-order valence-electron chi connectivity index (χ2n) is 13.1. The van der Waals surface area contributed by atoms with Crippen molar-refractivity contribution in [1.82, 2.24) is 25.8 Å². The molecule has 2 aromatic rings. The Bertz CT molecular complexity index is 1440. The van der Waals surface area contributed by atoms with Gasteiger partial charge in [-0.2, -0.15) is 0 Å². The number of likely N-dealkylation sites (N-methyl/N-ethyl adjacent to an activating group) is 1. The van der Waals surface area contributed by atoms with Crippen LogP contribution in [0.4, 0.5) is 10.5 Å². The van der Waals surface area contributed by atoms with Gasteiger partial charge in [0.1, 0.15) is 18.1 Å². The lowest BCUT2D eigenvalue weighted by atomic mass is 9.85. The van der Waals surface area contributed by atoms with Crippen molar-refractivity contribution in [2.75, 3.05) is 19.3 Å². The number of rotatable bonds is 8. The first-order valence-electron chi connectivity index (χ1n) is 15.3. The van der Waals surface area contributed by atoms with Gasteiger partial charge in [0.05, 0.1) is 6.04 Å². The number of nitrogen functional groups attached to an aromatic ring is 1. The standard InChI is InChI=1S/C33H44N6O6/c1-19(38(5)32(44)45)28(40)37-27(33(2,3)4)31(43)39-18-23(35-29(41)21-13-15-22(34)16-14-21)17-26(39)30(42)36-25-12-8-10-20-9-6-7-11-24(20)25/h6-7,9,11,13-16,19,23,25-27H,8,10,12,17-18,34H2,1-5H3,(H,35,41)(H,36,42)(H,37,40)(H,44,45)/t19?,23-,25+,26-,27?/m0/s1. The number of hydrogen-bond donors (Lipinski definition) is 5. The maximum absolute atomic E-state index is 14.3. The van der Waals surface area contributed by atoms with Crippen molar-refractivity contribution in [3.63, 3.8) is 0 Å². The summed E-state index contributed by atoms with van der Waals surface area (Å²) in [6, 6.07) is 10.6. The normalized spacial score (nSPS) is 20.7. The van der Waals surface area contributed by atoms with E-state index >= 15 is 0 Å². The number of amides is 5. The summed E-state index contributed by atoms with van der Waals surface area (Å²) in [7, 11) is 1.28. The Morgan fingerprint density at radius 3 is 2.33 bits per heavy atom. The highest BCUT2D eigenvalue weighted by atomic mass is 16.4. The molecule has 1 fully saturated rings. The largest absolute Gasteiger partial charge is 0.465 e. The summed E-state index contributed by atoms with van der Waals surface area (Å²) in [5, 5.41) is 18.2. The van der Waals surface area contributed by atoms with E-state index in [0.717, 1.165) is 29.7 Å². The van der Waals surface area contributed by atoms with Gasteiger partial charge in [-0.3, -0.25) is 24.1 Å². The molecule has 0 aromatic heterocycles. The average Bonchev–Trinajstić information content (AvgIpc) is 3.42. The number of fused-ring (bicyclic) bond motifs is 1. The number of nitrogens with one attached hydrogen (secondary N) is 3. The van der Waals surface area contributed by atoms with Crippen LogP contribution < -0.4 is 21.7 Å². The maximum atomic E-state index is 14.3. The molecule has 1 aliphatic heterocycles. The number of anilines is 1. The van der Waals surface area contributed by atoms with Gasteiger partial charge >= 0.3 is 6.09 Å². The SMILES string of the molecule is CC(C(=O)NC(C(=O)N1C[C@@H](NC(=O)c2ccc(N)cc2)C[C@H]1C(=O)N[C@@H]1CCCc2ccccc21)C(C)(C)C)N(C)C(=O)O. The fourth-order valence-electron chi connectivity index (χ4n) is 5.93. The summed E-state index contributed by atoms with van der Waals surface area (Å²) in [4.78, 5) is 68.2. The van der Waals surface area contributed by atoms with Gasteiger partial charge in [-0.1, -0.05) is 45.0 Å². The molecule has 242 valence electrons. The van der Waals surface area contributed by atoms with Gasteiger partial charge < -0.3 is 31.7 Å². The Labute approximate surface area is 263 Å². The fourth-order valence-corrected chi connectivity index (χ4v) is 5.93. The monoisotopic (exact) mass is 620 g/mol. The van der Waals surface area contributed by atoms with Crippen LogP contribution in [0.3, 0.4) is 0 Å². The molecule has 4 rings (SSSR count). The van der Waals surface area contributed by atoms with Crippen molar-refractivity contribution in [1.29, 1.82) is 0 Å². The van der Waals surface area contributed by atoms with E-state index in [1.807, 2.05) is 18.2 Å². The molecule has 0 bridgehead atoms. The summed E-state index contributed by atoms with van der Waals surface area (Å²) in [5.74, 6) is -1.83. The zero-order valence-corrected chi connectivity index (χ0v) is 26.5. The molecule has 0 saturated carbocycles. The van der Waals surface area contributed by atoms with Crippen LogP contribution in [0.25, 0.3) is 0 Å². The van der Waals surface area contributed by atoms with E-state index in [0.29, 0.717) is 11.3 Å². The summed E-state index contributed by atoms with van der Waals surface area (Å²) in [5.41, 5.74) is 8.12. The smallest absolute Gasteiger partial charge is 0.407 e. The molecule has 1 saturated heterocycles. The third kappa shape index (κ3) is 7.73. The molecule has 2 aliphatic rings. The molecular formula is C33H44N6O6. The number of carbonyl (C=O) groups excluding carboxylic acids is 4. The van der Waals surface area contributed by atoms with Crippen molar-refractivity contribution in [2.45, 2.75) is 83.6 Å². The predicted octanol–water partition coefficient (Wildman–Crippen LogP) is 2.69. The highest BCUT2D eigenvalue weighted by Crippen LogP contribution is 2.31. The molecule has 0 radical (unpaired) electrons. The van der Waals surface area contributed by atoms with Gasteiger partial charge in [0.2, 0.25) is 17.7 Å². The number of carboxylic acid groups (broad SMARTS) is 1. The molecular weight excluding hydrogens is 576 g/mol. The van der Waals surface area contributed by atoms with Crippen molar-refractivity contribution >= 4 is 35.4 Å². The molecule has 45 heavy (non-hydrogen) atoms. The highest BCUT2D eigenvalue weighted by molar-refractivity contribution is 5.96. The predicted molar refractivity (Wildman–Crippen MR) is 169 cm³/mol. The van der Waals surface area contributed by atoms with E-state index in [1.54, 1.807) is 45.0 Å². The second-order valence-corrected chi connectivity index (χ2v) is 13.1. The fraction of sp³-hybridized carbons (Fsp3) is 0.485. The van der Waals surface area contributed by atoms with Crippen LogP contribution in [0.2, 0.25) is 0 Å². The minimum atomic E-state index is -1.28. The first kappa shape index (κ1) is 33.3. The summed E-state index contributed by atoms with van der Waals surface area (Å²) < 4.78 is 0. The molecule has 6 N–H and O–H groups in total. The topological polar surface area (TPSA) is 174 Å². The van der Waals surface area contributed by atoms with Crippen LogP contribution in [0.15, 0.2) is 48.5 Å². The van der Waals surface area contributed by atoms with Crippen molar-refractivity contribution in [3.8, 4) is 0 Å². The molecule has 5 atom stereocenters. The van der Waals surface area contributed by atoms with Crippen LogP contribution >= 0.6 is 0 Å². The van der Waals surface area contributed by atoms with Gasteiger partial charge in [-0.15, -0.1) is 0 Å². The number of likely N-dealkylation sites (tertiary alicyclic amines) is 1. The molecule has 5 amide bonds. The number of aryl methyl sites for hydroxylation is 1. The Kier molecular flexibility index (Phi) is 10.0. The highest BCUT2D eigenvalue weighted by Gasteiger charge is 2.46. The Morgan fingerprint density at radius 1 is 1.02 bits per heavy atom. The minimum absolute atomic E-state index is 0.0475. The molecule has 0 spiro atoms. The van der Waals surface area contributed by atoms with Crippen LogP contribution in [0.5, 0.6) is 0 Å². The summed E-state index contributed by atoms with van der Waals surface area (Å²) >= 11 is 0. The van der Waals surface area contributed by atoms with E-state index in [2.05, 4.69) is 22.0 Å². The number of hydrogen-bond acceptors (Lipinski definition) is 6. The minimum Gasteiger partial charge on any atom is -0.465 e. The van der Waals surface area contributed by atoms with Crippen LogP contribution in [-0.4, -0.2) is 82.4 Å². The number of nitrogens with two attached hydrogens (primary N) is 1. The molecule has 2 aromatic carbocycles. The van der Waals surface area contributed by atoms with Crippen LogP contribution in [-0.2, 0) is 20.8 Å². The average molecular weight is 621 g/mol. The van der Waals surface area contributed by atoms with Gasteiger partial charge in [0, 0.05) is 30.9 Å². The van der Waals surface area contributed by atoms with E-state index in [-0.39, 0.29) is 30.8 Å². The van der Waals surface area contributed by atoms with Crippen molar-refractivity contribution < 1.29 is 29.1 Å². The Morgan fingerprint density at radius 2 is 1.69 bits per heavy atom. The molecule has 2 unspecified atom stereocenters. The Balaban J connectivity index is 1.59. The zero-order chi connectivity index (χ0) is 33.1. The third-order valence-corrected chi connectivity index (χ3v) is 8.74. The van der Waals surface area contributed by atoms with Crippen LogP contribution in [0.1, 0.15) is 74.5 Å². The van der Waals surface area contributed by atoms with Gasteiger partial charge in [0.25, 0.3) is 5.91 Å². The summed E-state index contributed by atoms with van der Waals surface area (Å²) in [6.45, 7) is 6.83. The summed E-state index contributed by atoms with van der Waals surface area (Å²) in [6.07, 6.45) is 1.50. The van der Waals surface area contributed by atoms with Gasteiger partial charge in [-0.05, 0) is 73.4 Å². The van der Waals surface area contributed by atoms with E-state index in [4.69, 9.17) is 5.73 Å². The number of carbonyl (C=O) groups is 5. The quantitative estimate of drug-likeness (QED) is 0.282. The maximum Gasteiger partial charge on any atom is 0.407 e. The van der Waals surface area contributed by atoms with Gasteiger partial charge in [-0.25, -0.2) is 4.79 Å². The van der Waals surface area contributed by atoms with Crippen molar-refractivity contribution in [3.05, 3.63) is 65.2 Å². The molecule has 1 heterocycles. The first-order chi connectivity index (χ1) is 21.2. The van der Waals surface area contributed by atoms with E-state index in [9.17, 15) is 29.1 Å². The second kappa shape index (κ2) is 13.6. The van der Waals surface area contributed by atoms with Gasteiger partial charge in [0.15, 0.2) is 0 Å². The molecule has 1 aliphatic carbocycles. The first-order valence-corrected chi connectivity index (χ1v) is 15.3. The lowest BCUT2D eigenvalue weighted by molar-refractivity contribution is -0.144. The molecule has 12 nitrogen and oxygen atoms in total. The Hall–Kier alpha value is -4.61. The lowest BCUT2D eigenvalue weighted by Crippen LogP contribution is -2.60. The van der Waals surface area contributed by atoms with E-state index < -0.39 is 47.5 Å². The van der Waals surface area contributed by atoms with Crippen LogP contribution in [0, 0.1) is 5.41 Å². The third-order valence-electron chi connectivity index (χ3n) is 8.74.